The van der Waals surface area contributed by atoms with E-state index in [1.807, 2.05) is 37.3 Å². The maximum Gasteiger partial charge on any atom is 0.262 e. The number of ether oxygens (including phenoxy) is 1. The summed E-state index contributed by atoms with van der Waals surface area (Å²) in [7, 11) is 0. The molecule has 0 unspecified atom stereocenters. The second-order valence-corrected chi connectivity index (χ2v) is 6.58. The summed E-state index contributed by atoms with van der Waals surface area (Å²) >= 11 is 9.52. The number of rotatable bonds is 6. The van der Waals surface area contributed by atoms with Gasteiger partial charge in [-0.2, -0.15) is 0 Å². The van der Waals surface area contributed by atoms with Crippen LogP contribution in [-0.4, -0.2) is 12.5 Å². The van der Waals surface area contributed by atoms with E-state index >= 15 is 0 Å². The standard InChI is InChI=1S/C18H19BrClNO2/c1-3-4-13-6-8-17(15(19)9-13)23-11-18(22)21-14-7-5-12(2)16(20)10-14/h5-10H,3-4,11H2,1-2H3,(H,21,22). The molecule has 0 aliphatic rings. The van der Waals surface area contributed by atoms with Crippen molar-refractivity contribution >= 4 is 39.1 Å². The molecule has 2 aromatic carbocycles. The first-order chi connectivity index (χ1) is 11.0. The Kier molecular flexibility index (Phi) is 6.48. The van der Waals surface area contributed by atoms with Crippen molar-refractivity contribution in [1.82, 2.24) is 0 Å². The number of carbonyl (C=O) groups is 1. The van der Waals surface area contributed by atoms with Gasteiger partial charge in [0.1, 0.15) is 5.75 Å². The van der Waals surface area contributed by atoms with Gasteiger partial charge in [0.2, 0.25) is 0 Å². The Balaban J connectivity index is 1.92. The second kappa shape index (κ2) is 8.37. The van der Waals surface area contributed by atoms with Gasteiger partial charge in [0.15, 0.2) is 6.61 Å². The lowest BCUT2D eigenvalue weighted by Gasteiger charge is -2.10. The van der Waals surface area contributed by atoms with Crippen LogP contribution >= 0.6 is 27.5 Å². The molecule has 0 saturated carbocycles. The Morgan fingerprint density at radius 3 is 2.70 bits per heavy atom. The molecule has 0 heterocycles. The molecule has 2 aromatic rings. The lowest BCUT2D eigenvalue weighted by atomic mass is 10.1. The van der Waals surface area contributed by atoms with Crippen molar-refractivity contribution in [1.29, 1.82) is 0 Å². The zero-order chi connectivity index (χ0) is 16.8. The van der Waals surface area contributed by atoms with E-state index in [0.717, 1.165) is 22.9 Å². The van der Waals surface area contributed by atoms with Crippen molar-refractivity contribution in [3.63, 3.8) is 0 Å². The molecule has 2 rings (SSSR count). The van der Waals surface area contributed by atoms with Crippen molar-refractivity contribution in [2.75, 3.05) is 11.9 Å². The van der Waals surface area contributed by atoms with E-state index in [-0.39, 0.29) is 12.5 Å². The van der Waals surface area contributed by atoms with Crippen LogP contribution in [-0.2, 0) is 11.2 Å². The highest BCUT2D eigenvalue weighted by Crippen LogP contribution is 2.26. The lowest BCUT2D eigenvalue weighted by molar-refractivity contribution is -0.118. The highest BCUT2D eigenvalue weighted by Gasteiger charge is 2.08. The molecule has 0 spiro atoms. The molecule has 0 aromatic heterocycles. The highest BCUT2D eigenvalue weighted by atomic mass is 79.9. The number of hydrogen-bond donors (Lipinski definition) is 1. The van der Waals surface area contributed by atoms with Gasteiger partial charge in [-0.15, -0.1) is 0 Å². The van der Waals surface area contributed by atoms with Gasteiger partial charge in [-0.25, -0.2) is 0 Å². The first-order valence-corrected chi connectivity index (χ1v) is 8.64. The number of aryl methyl sites for hydroxylation is 2. The van der Waals surface area contributed by atoms with Gasteiger partial charge in [0.05, 0.1) is 4.47 Å². The summed E-state index contributed by atoms with van der Waals surface area (Å²) in [5.41, 5.74) is 2.87. The minimum atomic E-state index is -0.227. The van der Waals surface area contributed by atoms with E-state index in [4.69, 9.17) is 16.3 Å². The molecular weight excluding hydrogens is 378 g/mol. The first kappa shape index (κ1) is 17.8. The fourth-order valence-corrected chi connectivity index (χ4v) is 2.84. The van der Waals surface area contributed by atoms with Crippen LogP contribution in [0.5, 0.6) is 5.75 Å². The number of amides is 1. The predicted molar refractivity (Wildman–Crippen MR) is 98.5 cm³/mol. The van der Waals surface area contributed by atoms with Gasteiger partial charge in [-0.1, -0.05) is 37.1 Å². The number of anilines is 1. The summed E-state index contributed by atoms with van der Waals surface area (Å²) in [6.07, 6.45) is 2.11. The smallest absolute Gasteiger partial charge is 0.262 e. The quantitative estimate of drug-likeness (QED) is 0.712. The fourth-order valence-electron chi connectivity index (χ4n) is 2.12. The Hall–Kier alpha value is -1.52. The number of nitrogens with one attached hydrogen (secondary N) is 1. The summed E-state index contributed by atoms with van der Waals surface area (Å²) in [6, 6.07) is 11.3. The topological polar surface area (TPSA) is 38.3 Å². The highest BCUT2D eigenvalue weighted by molar-refractivity contribution is 9.10. The van der Waals surface area contributed by atoms with Crippen LogP contribution in [0.25, 0.3) is 0 Å². The molecule has 0 aliphatic heterocycles. The molecule has 0 radical (unpaired) electrons. The molecule has 122 valence electrons. The van der Waals surface area contributed by atoms with Crippen LogP contribution in [0.15, 0.2) is 40.9 Å². The molecule has 0 atom stereocenters. The third kappa shape index (κ3) is 5.26. The van der Waals surface area contributed by atoms with Gasteiger partial charge in [0.25, 0.3) is 5.91 Å². The Bertz CT molecular complexity index is 703. The zero-order valence-corrected chi connectivity index (χ0v) is 15.5. The average Bonchev–Trinajstić information content (AvgIpc) is 2.50. The number of benzene rings is 2. The van der Waals surface area contributed by atoms with E-state index < -0.39 is 0 Å². The van der Waals surface area contributed by atoms with E-state index in [9.17, 15) is 4.79 Å². The van der Waals surface area contributed by atoms with Crippen LogP contribution in [0.4, 0.5) is 5.69 Å². The molecular formula is C18H19BrClNO2. The molecule has 0 saturated heterocycles. The van der Waals surface area contributed by atoms with Crippen LogP contribution in [0.3, 0.4) is 0 Å². The van der Waals surface area contributed by atoms with Crippen molar-refractivity contribution < 1.29 is 9.53 Å². The summed E-state index contributed by atoms with van der Waals surface area (Å²) in [5, 5.41) is 3.39. The minimum Gasteiger partial charge on any atom is -0.483 e. The van der Waals surface area contributed by atoms with Gasteiger partial charge in [-0.3, -0.25) is 4.79 Å². The summed E-state index contributed by atoms with van der Waals surface area (Å²) in [5.74, 6) is 0.427. The summed E-state index contributed by atoms with van der Waals surface area (Å²) in [6.45, 7) is 3.99. The van der Waals surface area contributed by atoms with Crippen LogP contribution < -0.4 is 10.1 Å². The van der Waals surface area contributed by atoms with Crippen molar-refractivity contribution in [3.05, 3.63) is 57.0 Å². The fraction of sp³-hybridized carbons (Fsp3) is 0.278. The molecule has 0 bridgehead atoms. The molecule has 5 heteroatoms. The van der Waals surface area contributed by atoms with Gasteiger partial charge >= 0.3 is 0 Å². The maximum absolute atomic E-state index is 12.0. The third-order valence-electron chi connectivity index (χ3n) is 3.35. The van der Waals surface area contributed by atoms with E-state index in [1.165, 1.54) is 5.56 Å². The van der Waals surface area contributed by atoms with Crippen LogP contribution in [0.2, 0.25) is 5.02 Å². The van der Waals surface area contributed by atoms with E-state index in [2.05, 4.69) is 28.2 Å². The number of halogens is 2. The first-order valence-electron chi connectivity index (χ1n) is 7.47. The Morgan fingerprint density at radius 2 is 2.04 bits per heavy atom. The second-order valence-electron chi connectivity index (χ2n) is 5.32. The minimum absolute atomic E-state index is 0.0583. The van der Waals surface area contributed by atoms with Gasteiger partial charge in [-0.05, 0) is 64.7 Å². The van der Waals surface area contributed by atoms with E-state index in [1.54, 1.807) is 6.07 Å². The number of hydrogen-bond acceptors (Lipinski definition) is 2. The molecule has 1 N–H and O–H groups in total. The largest absolute Gasteiger partial charge is 0.483 e. The van der Waals surface area contributed by atoms with E-state index in [0.29, 0.717) is 16.5 Å². The van der Waals surface area contributed by atoms with Crippen LogP contribution in [0, 0.1) is 6.92 Å². The monoisotopic (exact) mass is 395 g/mol. The van der Waals surface area contributed by atoms with Gasteiger partial charge < -0.3 is 10.1 Å². The summed E-state index contributed by atoms with van der Waals surface area (Å²) in [4.78, 5) is 12.0. The molecule has 0 fully saturated rings. The normalized spacial score (nSPS) is 10.4. The summed E-state index contributed by atoms with van der Waals surface area (Å²) < 4.78 is 6.42. The Labute approximate surface area is 150 Å². The molecule has 3 nitrogen and oxygen atoms in total. The average molecular weight is 397 g/mol. The van der Waals surface area contributed by atoms with Crippen LogP contribution in [0.1, 0.15) is 24.5 Å². The molecule has 0 aliphatic carbocycles. The molecule has 1 amide bonds. The van der Waals surface area contributed by atoms with Gasteiger partial charge in [0, 0.05) is 10.7 Å². The maximum atomic E-state index is 12.0. The third-order valence-corrected chi connectivity index (χ3v) is 4.38. The lowest BCUT2D eigenvalue weighted by Crippen LogP contribution is -2.20. The number of carbonyl (C=O) groups excluding carboxylic acids is 1. The Morgan fingerprint density at radius 1 is 1.26 bits per heavy atom. The zero-order valence-electron chi connectivity index (χ0n) is 13.2. The molecule has 23 heavy (non-hydrogen) atoms. The SMILES string of the molecule is CCCc1ccc(OCC(=O)Nc2ccc(C)c(Cl)c2)c(Br)c1. The predicted octanol–water partition coefficient (Wildman–Crippen LogP) is 5.38. The van der Waals surface area contributed by atoms with Crippen molar-refractivity contribution in [2.24, 2.45) is 0 Å². The van der Waals surface area contributed by atoms with Crippen molar-refractivity contribution in [2.45, 2.75) is 26.7 Å². The van der Waals surface area contributed by atoms with Crippen molar-refractivity contribution in [3.8, 4) is 5.75 Å².